The lowest BCUT2D eigenvalue weighted by molar-refractivity contribution is 0.258. The Morgan fingerprint density at radius 1 is 1.62 bits per heavy atom. The van der Waals surface area contributed by atoms with E-state index in [-0.39, 0.29) is 4.77 Å². The van der Waals surface area contributed by atoms with E-state index in [1.807, 2.05) is 0 Å². The van der Waals surface area contributed by atoms with Gasteiger partial charge in [0.05, 0.1) is 0 Å². The van der Waals surface area contributed by atoms with Crippen LogP contribution in [0.25, 0.3) is 0 Å². The number of carbonyl (C=O) groups excluding carboxylic acids is 1. The Morgan fingerprint density at radius 3 is 2.38 bits per heavy atom. The first-order valence-corrected chi connectivity index (χ1v) is 4.30. The Bertz CT molecular complexity index is 394. The average Bonchev–Trinajstić information content (AvgIpc) is 2.26. The molecule has 0 atom stereocenters. The molecular weight excluding hydrogens is 212 g/mol. The maximum absolute atomic E-state index is 10.8. The van der Waals surface area contributed by atoms with E-state index in [1.165, 1.54) is 0 Å². The Labute approximate surface area is 85.5 Å². The molecular formula is C6H9ClN4OS. The molecule has 0 saturated carbocycles. The van der Waals surface area contributed by atoms with Gasteiger partial charge in [-0.2, -0.15) is 4.68 Å². The highest BCUT2D eigenvalue weighted by Gasteiger charge is 2.11. The van der Waals surface area contributed by atoms with Crippen LogP contribution in [0.3, 0.4) is 0 Å². The molecule has 0 saturated heterocycles. The first-order valence-electron chi connectivity index (χ1n) is 3.51. The number of hydrogen-bond donors (Lipinski definition) is 0. The van der Waals surface area contributed by atoms with Gasteiger partial charge in [-0.25, -0.2) is 4.68 Å². The first kappa shape index (κ1) is 10.2. The number of aryl methyl sites for hydroxylation is 1. The van der Waals surface area contributed by atoms with Gasteiger partial charge < -0.3 is 5.01 Å². The van der Waals surface area contributed by atoms with Crippen molar-refractivity contribution in [1.82, 2.24) is 14.5 Å². The van der Waals surface area contributed by atoms with Crippen molar-refractivity contribution in [2.75, 3.05) is 19.1 Å². The second-order valence-corrected chi connectivity index (χ2v) is 3.34. The van der Waals surface area contributed by atoms with Gasteiger partial charge in [0.1, 0.15) is 5.82 Å². The lowest BCUT2D eigenvalue weighted by Crippen LogP contribution is -2.26. The summed E-state index contributed by atoms with van der Waals surface area (Å²) in [7, 11) is 3.60. The lowest BCUT2D eigenvalue weighted by atomic mass is 10.7. The SMILES string of the molecule is Cc1nn(C(=O)Cl)c(=S)n1N(C)C. The van der Waals surface area contributed by atoms with Crippen LogP contribution >= 0.6 is 23.8 Å². The highest BCUT2D eigenvalue weighted by molar-refractivity contribution is 7.71. The van der Waals surface area contributed by atoms with E-state index in [0.29, 0.717) is 5.82 Å². The zero-order valence-electron chi connectivity index (χ0n) is 7.48. The van der Waals surface area contributed by atoms with Gasteiger partial charge in [0.15, 0.2) is 0 Å². The van der Waals surface area contributed by atoms with Crippen molar-refractivity contribution in [2.24, 2.45) is 0 Å². The van der Waals surface area contributed by atoms with E-state index >= 15 is 0 Å². The summed E-state index contributed by atoms with van der Waals surface area (Å²) in [5.74, 6) is 0.615. The molecule has 0 amide bonds. The van der Waals surface area contributed by atoms with Crippen LogP contribution in [-0.2, 0) is 0 Å². The molecule has 0 aliphatic rings. The van der Waals surface area contributed by atoms with Crippen LogP contribution in [0.5, 0.6) is 0 Å². The summed E-state index contributed by atoms with van der Waals surface area (Å²) in [4.78, 5) is 10.8. The standard InChI is InChI=1S/C6H9ClN4OS/c1-4-8-10(5(7)12)6(13)11(4)9(2)3/h1-3H3. The fourth-order valence-corrected chi connectivity index (χ4v) is 1.62. The maximum Gasteiger partial charge on any atom is 0.343 e. The smallest absolute Gasteiger partial charge is 0.315 e. The Hall–Kier alpha value is -0.880. The van der Waals surface area contributed by atoms with Crippen LogP contribution in [-0.4, -0.2) is 33.9 Å². The van der Waals surface area contributed by atoms with Crippen LogP contribution in [0.1, 0.15) is 5.82 Å². The normalized spacial score (nSPS) is 10.2. The minimum Gasteiger partial charge on any atom is -0.315 e. The molecule has 1 heterocycles. The minimum absolute atomic E-state index is 0.266. The second kappa shape index (κ2) is 3.47. The summed E-state index contributed by atoms with van der Waals surface area (Å²) in [5.41, 5.74) is 0. The maximum atomic E-state index is 10.8. The summed E-state index contributed by atoms with van der Waals surface area (Å²) >= 11 is 10.2. The van der Waals surface area contributed by atoms with E-state index in [9.17, 15) is 4.79 Å². The zero-order chi connectivity index (χ0) is 10.2. The van der Waals surface area contributed by atoms with E-state index in [2.05, 4.69) is 5.10 Å². The van der Waals surface area contributed by atoms with Gasteiger partial charge in [-0.1, -0.05) is 0 Å². The van der Waals surface area contributed by atoms with Crippen molar-refractivity contribution >= 4 is 29.2 Å². The average molecular weight is 221 g/mol. The zero-order valence-corrected chi connectivity index (χ0v) is 9.06. The number of carbonyl (C=O) groups is 1. The van der Waals surface area contributed by atoms with Crippen LogP contribution in [0, 0.1) is 11.7 Å². The number of nitrogens with zero attached hydrogens (tertiary/aromatic N) is 4. The molecule has 7 heteroatoms. The number of rotatable bonds is 1. The highest BCUT2D eigenvalue weighted by atomic mass is 35.5. The van der Waals surface area contributed by atoms with E-state index in [1.54, 1.807) is 30.7 Å². The van der Waals surface area contributed by atoms with Crippen LogP contribution in [0.15, 0.2) is 0 Å². The molecule has 0 radical (unpaired) electrons. The molecule has 13 heavy (non-hydrogen) atoms. The fourth-order valence-electron chi connectivity index (χ4n) is 1.03. The summed E-state index contributed by atoms with van der Waals surface area (Å²) in [5, 5.41) is 4.91. The van der Waals surface area contributed by atoms with Crippen molar-refractivity contribution in [3.63, 3.8) is 0 Å². The second-order valence-electron chi connectivity index (χ2n) is 2.65. The van der Waals surface area contributed by atoms with Crippen molar-refractivity contribution in [3.05, 3.63) is 10.6 Å². The summed E-state index contributed by atoms with van der Waals surface area (Å²) < 4.78 is 2.85. The highest BCUT2D eigenvalue weighted by Crippen LogP contribution is 2.01. The molecule has 0 fully saturated rings. The van der Waals surface area contributed by atoms with E-state index < -0.39 is 5.37 Å². The summed E-state index contributed by atoms with van der Waals surface area (Å²) in [6, 6.07) is 0. The Morgan fingerprint density at radius 2 is 2.15 bits per heavy atom. The van der Waals surface area contributed by atoms with E-state index in [0.717, 1.165) is 4.68 Å². The van der Waals surface area contributed by atoms with Gasteiger partial charge in [-0.15, -0.1) is 5.10 Å². The molecule has 1 aromatic heterocycles. The van der Waals surface area contributed by atoms with E-state index in [4.69, 9.17) is 23.8 Å². The Balaban J connectivity index is 3.40. The molecule has 0 aliphatic heterocycles. The topological polar surface area (TPSA) is 43.1 Å². The molecule has 1 rings (SSSR count). The number of hydrogen-bond acceptors (Lipinski definition) is 4. The third-order valence-corrected chi connectivity index (χ3v) is 1.99. The molecule has 0 bridgehead atoms. The van der Waals surface area contributed by atoms with Gasteiger partial charge in [-0.05, 0) is 30.7 Å². The third kappa shape index (κ3) is 1.73. The van der Waals surface area contributed by atoms with Crippen LogP contribution in [0.4, 0.5) is 4.79 Å². The first-order chi connectivity index (χ1) is 5.95. The minimum atomic E-state index is -0.700. The molecule has 5 nitrogen and oxygen atoms in total. The van der Waals surface area contributed by atoms with Crippen LogP contribution < -0.4 is 5.01 Å². The largest absolute Gasteiger partial charge is 0.343 e. The van der Waals surface area contributed by atoms with Gasteiger partial charge in [0.25, 0.3) is 0 Å². The quantitative estimate of drug-likeness (QED) is 0.526. The van der Waals surface area contributed by atoms with Crippen LogP contribution in [0.2, 0.25) is 0 Å². The molecule has 0 N–H and O–H groups in total. The number of aromatic nitrogens is 3. The summed E-state index contributed by atoms with van der Waals surface area (Å²) in [6.07, 6.45) is 0. The van der Waals surface area contributed by atoms with Crippen molar-refractivity contribution in [1.29, 1.82) is 0 Å². The molecule has 0 spiro atoms. The molecule has 0 unspecified atom stereocenters. The lowest BCUT2D eigenvalue weighted by Gasteiger charge is -2.13. The fraction of sp³-hybridized carbons (Fsp3) is 0.500. The predicted molar refractivity (Wildman–Crippen MR) is 52.5 cm³/mol. The van der Waals surface area contributed by atoms with Gasteiger partial charge in [0, 0.05) is 14.1 Å². The number of halogens is 1. The Kier molecular flexibility index (Phi) is 2.72. The van der Waals surface area contributed by atoms with Crippen molar-refractivity contribution < 1.29 is 4.79 Å². The monoisotopic (exact) mass is 220 g/mol. The molecule has 0 aliphatic carbocycles. The molecule has 72 valence electrons. The van der Waals surface area contributed by atoms with Gasteiger partial charge in [-0.3, -0.25) is 4.79 Å². The summed E-state index contributed by atoms with van der Waals surface area (Å²) in [6.45, 7) is 1.74. The predicted octanol–water partition coefficient (Wildman–Crippen LogP) is 1.13. The van der Waals surface area contributed by atoms with Gasteiger partial charge in [0.2, 0.25) is 4.77 Å². The van der Waals surface area contributed by atoms with Crippen molar-refractivity contribution in [3.8, 4) is 0 Å². The van der Waals surface area contributed by atoms with Crippen molar-refractivity contribution in [2.45, 2.75) is 6.92 Å². The molecule has 1 aromatic rings. The molecule has 0 aromatic carbocycles. The third-order valence-electron chi connectivity index (χ3n) is 1.48. The van der Waals surface area contributed by atoms with Gasteiger partial charge >= 0.3 is 5.37 Å².